The molecule has 0 bridgehead atoms. The highest BCUT2D eigenvalue weighted by Crippen LogP contribution is 2.20. The van der Waals surface area contributed by atoms with Crippen LogP contribution in [0.15, 0.2) is 34.8 Å². The fourth-order valence-electron chi connectivity index (χ4n) is 2.13. The van der Waals surface area contributed by atoms with Gasteiger partial charge < -0.3 is 5.11 Å². The van der Waals surface area contributed by atoms with E-state index in [2.05, 4.69) is 57.2 Å². The van der Waals surface area contributed by atoms with E-state index in [0.29, 0.717) is 0 Å². The van der Waals surface area contributed by atoms with Crippen LogP contribution >= 0.6 is 15.9 Å². The normalized spacial score (nSPS) is 20.4. The van der Waals surface area contributed by atoms with Crippen molar-refractivity contribution >= 4 is 22.0 Å². The fourth-order valence-corrected chi connectivity index (χ4v) is 2.39. The van der Waals surface area contributed by atoms with Crippen molar-refractivity contribution in [2.45, 2.75) is 25.4 Å². The Bertz CT molecular complexity index is 401. The molecule has 1 aromatic rings. The molecule has 0 saturated carbocycles. The monoisotopic (exact) mass is 309 g/mol. The largest absolute Gasteiger partial charge is 0.390 e. The standard InChI is InChI=1S/C15H20BrNO/c1-15(18)8-11-17(12-9-15)10-2-3-13-4-6-14(16)7-5-13/h2-7,18H,8-12H2,1H3. The van der Waals surface area contributed by atoms with Crippen molar-refractivity contribution in [3.63, 3.8) is 0 Å². The maximum absolute atomic E-state index is 9.87. The molecule has 2 rings (SSSR count). The average Bonchev–Trinajstić information content (AvgIpc) is 2.34. The number of benzene rings is 1. The second kappa shape index (κ2) is 6.00. The van der Waals surface area contributed by atoms with Crippen LogP contribution in [0.1, 0.15) is 25.3 Å². The number of hydrogen-bond donors (Lipinski definition) is 1. The zero-order chi connectivity index (χ0) is 13.0. The zero-order valence-corrected chi connectivity index (χ0v) is 12.4. The van der Waals surface area contributed by atoms with Gasteiger partial charge in [0.1, 0.15) is 0 Å². The highest BCUT2D eigenvalue weighted by atomic mass is 79.9. The number of halogens is 1. The minimum absolute atomic E-state index is 0.452. The predicted molar refractivity (Wildman–Crippen MR) is 79.5 cm³/mol. The summed E-state index contributed by atoms with van der Waals surface area (Å²) in [5, 5.41) is 9.87. The van der Waals surface area contributed by atoms with Gasteiger partial charge >= 0.3 is 0 Å². The molecule has 0 unspecified atom stereocenters. The third-order valence-corrected chi connectivity index (χ3v) is 4.01. The van der Waals surface area contributed by atoms with Crippen molar-refractivity contribution in [1.82, 2.24) is 4.90 Å². The predicted octanol–water partition coefficient (Wildman–Crippen LogP) is 3.31. The Morgan fingerprint density at radius 2 is 1.89 bits per heavy atom. The summed E-state index contributed by atoms with van der Waals surface area (Å²) in [4.78, 5) is 2.38. The second-order valence-electron chi connectivity index (χ2n) is 5.25. The van der Waals surface area contributed by atoms with Crippen LogP contribution in [0.5, 0.6) is 0 Å². The Hall–Kier alpha value is -0.640. The van der Waals surface area contributed by atoms with Gasteiger partial charge in [-0.1, -0.05) is 40.2 Å². The van der Waals surface area contributed by atoms with Crippen LogP contribution in [0.25, 0.3) is 6.08 Å². The molecule has 3 heteroatoms. The molecule has 1 N–H and O–H groups in total. The summed E-state index contributed by atoms with van der Waals surface area (Å²) in [5.74, 6) is 0. The van der Waals surface area contributed by atoms with Gasteiger partial charge in [-0.15, -0.1) is 0 Å². The molecule has 0 radical (unpaired) electrons. The van der Waals surface area contributed by atoms with Crippen molar-refractivity contribution in [2.75, 3.05) is 19.6 Å². The first-order chi connectivity index (χ1) is 8.55. The average molecular weight is 310 g/mol. The molecule has 18 heavy (non-hydrogen) atoms. The maximum Gasteiger partial charge on any atom is 0.0644 e. The molecule has 98 valence electrons. The fraction of sp³-hybridized carbons (Fsp3) is 0.467. The van der Waals surface area contributed by atoms with Crippen LogP contribution in [0.4, 0.5) is 0 Å². The highest BCUT2D eigenvalue weighted by Gasteiger charge is 2.26. The first-order valence-corrected chi connectivity index (χ1v) is 7.21. The maximum atomic E-state index is 9.87. The first kappa shape index (κ1) is 13.8. The number of rotatable bonds is 3. The number of hydrogen-bond acceptors (Lipinski definition) is 2. The van der Waals surface area contributed by atoms with E-state index >= 15 is 0 Å². The minimum atomic E-state index is -0.452. The molecule has 1 heterocycles. The van der Waals surface area contributed by atoms with Crippen molar-refractivity contribution in [1.29, 1.82) is 0 Å². The van der Waals surface area contributed by atoms with Gasteiger partial charge in [0.25, 0.3) is 0 Å². The summed E-state index contributed by atoms with van der Waals surface area (Å²) < 4.78 is 1.11. The van der Waals surface area contributed by atoms with Crippen LogP contribution < -0.4 is 0 Å². The van der Waals surface area contributed by atoms with E-state index < -0.39 is 5.60 Å². The van der Waals surface area contributed by atoms with E-state index in [4.69, 9.17) is 0 Å². The minimum Gasteiger partial charge on any atom is -0.390 e. The van der Waals surface area contributed by atoms with Crippen molar-refractivity contribution in [3.8, 4) is 0 Å². The van der Waals surface area contributed by atoms with Gasteiger partial charge in [-0.05, 0) is 37.5 Å². The highest BCUT2D eigenvalue weighted by molar-refractivity contribution is 9.10. The summed E-state index contributed by atoms with van der Waals surface area (Å²) in [7, 11) is 0. The van der Waals surface area contributed by atoms with Crippen LogP contribution in [0, 0.1) is 0 Å². The third kappa shape index (κ3) is 4.23. The molecule has 0 aliphatic carbocycles. The number of aliphatic hydroxyl groups is 1. The van der Waals surface area contributed by atoms with Crippen molar-refractivity contribution in [3.05, 3.63) is 40.4 Å². The molecule has 0 amide bonds. The summed E-state index contributed by atoms with van der Waals surface area (Å²) in [6.45, 7) is 4.86. The SMILES string of the molecule is CC1(O)CCN(CC=Cc2ccc(Br)cc2)CC1. The summed E-state index contributed by atoms with van der Waals surface area (Å²) in [6, 6.07) is 8.30. The Balaban J connectivity index is 1.80. The molecule has 1 fully saturated rings. The van der Waals surface area contributed by atoms with Crippen LogP contribution in [-0.2, 0) is 0 Å². The summed E-state index contributed by atoms with van der Waals surface area (Å²) in [5.41, 5.74) is 0.772. The topological polar surface area (TPSA) is 23.5 Å². The molecule has 0 atom stereocenters. The van der Waals surface area contributed by atoms with Gasteiger partial charge in [-0.25, -0.2) is 0 Å². The van der Waals surface area contributed by atoms with Crippen molar-refractivity contribution < 1.29 is 5.11 Å². The number of piperidine rings is 1. The van der Waals surface area contributed by atoms with Crippen molar-refractivity contribution in [2.24, 2.45) is 0 Å². The molecule has 1 aliphatic heterocycles. The third-order valence-electron chi connectivity index (χ3n) is 3.48. The lowest BCUT2D eigenvalue weighted by molar-refractivity contribution is -0.00241. The zero-order valence-electron chi connectivity index (χ0n) is 10.8. The molecule has 0 spiro atoms. The number of nitrogens with zero attached hydrogens (tertiary/aromatic N) is 1. The van der Waals surface area contributed by atoms with Gasteiger partial charge in [-0.3, -0.25) is 4.90 Å². The first-order valence-electron chi connectivity index (χ1n) is 6.42. The lowest BCUT2D eigenvalue weighted by Crippen LogP contribution is -2.42. The van der Waals surface area contributed by atoms with E-state index in [9.17, 15) is 5.11 Å². The lowest BCUT2D eigenvalue weighted by Gasteiger charge is -2.35. The molecule has 1 aliphatic rings. The Kier molecular flexibility index (Phi) is 4.60. The van der Waals surface area contributed by atoms with E-state index in [1.807, 2.05) is 6.92 Å². The quantitative estimate of drug-likeness (QED) is 0.926. The Morgan fingerprint density at radius 3 is 2.50 bits per heavy atom. The lowest BCUT2D eigenvalue weighted by atomic mass is 9.94. The molecule has 1 saturated heterocycles. The summed E-state index contributed by atoms with van der Waals surface area (Å²) in [6.07, 6.45) is 6.10. The smallest absolute Gasteiger partial charge is 0.0644 e. The summed E-state index contributed by atoms with van der Waals surface area (Å²) >= 11 is 3.43. The van der Waals surface area contributed by atoms with E-state index in [1.54, 1.807) is 0 Å². The number of likely N-dealkylation sites (tertiary alicyclic amines) is 1. The Morgan fingerprint density at radius 1 is 1.28 bits per heavy atom. The van der Waals surface area contributed by atoms with E-state index in [1.165, 1.54) is 5.56 Å². The van der Waals surface area contributed by atoms with Gasteiger partial charge in [0.05, 0.1) is 5.60 Å². The van der Waals surface area contributed by atoms with Gasteiger partial charge in [0.2, 0.25) is 0 Å². The van der Waals surface area contributed by atoms with E-state index in [-0.39, 0.29) is 0 Å². The van der Waals surface area contributed by atoms with Crippen LogP contribution in [0.2, 0.25) is 0 Å². The Labute approximate surface area is 117 Å². The van der Waals surface area contributed by atoms with E-state index in [0.717, 1.165) is 36.9 Å². The van der Waals surface area contributed by atoms with Crippen LogP contribution in [-0.4, -0.2) is 35.2 Å². The van der Waals surface area contributed by atoms with Gasteiger partial charge in [0, 0.05) is 24.1 Å². The molecular formula is C15H20BrNO. The second-order valence-corrected chi connectivity index (χ2v) is 6.17. The van der Waals surface area contributed by atoms with Gasteiger partial charge in [0.15, 0.2) is 0 Å². The van der Waals surface area contributed by atoms with Gasteiger partial charge in [-0.2, -0.15) is 0 Å². The molecule has 1 aromatic carbocycles. The molecule has 2 nitrogen and oxygen atoms in total. The molecular weight excluding hydrogens is 290 g/mol. The molecule has 0 aromatic heterocycles. The van der Waals surface area contributed by atoms with Crippen LogP contribution in [0.3, 0.4) is 0 Å².